The lowest BCUT2D eigenvalue weighted by Gasteiger charge is -2.48. The van der Waals surface area contributed by atoms with Crippen molar-refractivity contribution < 1.29 is 13.6 Å². The van der Waals surface area contributed by atoms with Gasteiger partial charge in [0.25, 0.3) is 0 Å². The summed E-state index contributed by atoms with van der Waals surface area (Å²) in [7, 11) is -1.83. The first-order valence-corrected chi connectivity index (χ1v) is 14.6. The van der Waals surface area contributed by atoms with Crippen molar-refractivity contribution in [2.75, 3.05) is 4.90 Å². The molecule has 32 heavy (non-hydrogen) atoms. The highest BCUT2D eigenvalue weighted by molar-refractivity contribution is 6.69. The maximum atomic E-state index is 13.5. The summed E-state index contributed by atoms with van der Waals surface area (Å²) in [5.41, 5.74) is 3.04. The van der Waals surface area contributed by atoms with Crippen molar-refractivity contribution >= 4 is 19.9 Å². The monoisotopic (exact) mass is 447 g/mol. The van der Waals surface area contributed by atoms with Gasteiger partial charge in [0.1, 0.15) is 5.82 Å². The van der Waals surface area contributed by atoms with Crippen molar-refractivity contribution in [2.24, 2.45) is 5.92 Å². The fourth-order valence-corrected chi connectivity index (χ4v) is 5.57. The number of carbonyl (C=O) groups excluding carboxylic acids is 1. The fraction of sp³-hybridized carbons (Fsp3) is 0.296. The summed E-state index contributed by atoms with van der Waals surface area (Å²) in [5, 5.41) is 0. The molecule has 3 atom stereocenters. The van der Waals surface area contributed by atoms with E-state index in [2.05, 4.69) is 31.8 Å². The van der Waals surface area contributed by atoms with Gasteiger partial charge in [-0.2, -0.15) is 0 Å². The van der Waals surface area contributed by atoms with E-state index in [0.717, 1.165) is 23.2 Å². The molecule has 1 heterocycles. The third-order valence-corrected chi connectivity index (χ3v) is 6.86. The Balaban J connectivity index is 1.57. The second kappa shape index (κ2) is 9.39. The molecule has 3 aromatic rings. The van der Waals surface area contributed by atoms with Gasteiger partial charge in [-0.05, 0) is 67.9 Å². The summed E-state index contributed by atoms with van der Waals surface area (Å²) in [5.74, 6) is -0.209. The maximum Gasteiger partial charge on any atom is 0.233 e. The highest BCUT2D eigenvalue weighted by atomic mass is 28.4. The summed E-state index contributed by atoms with van der Waals surface area (Å²) < 4.78 is 19.9. The van der Waals surface area contributed by atoms with Crippen molar-refractivity contribution in [3.05, 3.63) is 102 Å². The largest absolute Gasteiger partial charge is 0.411 e. The van der Waals surface area contributed by atoms with Gasteiger partial charge in [0.2, 0.25) is 5.91 Å². The molecule has 0 bridgehead atoms. The minimum atomic E-state index is -1.83. The van der Waals surface area contributed by atoms with Crippen LogP contribution in [-0.2, 0) is 9.22 Å². The Morgan fingerprint density at radius 1 is 0.906 bits per heavy atom. The number of benzene rings is 3. The van der Waals surface area contributed by atoms with E-state index >= 15 is 0 Å². The van der Waals surface area contributed by atoms with Gasteiger partial charge in [-0.1, -0.05) is 60.7 Å². The van der Waals surface area contributed by atoms with Crippen LogP contribution in [0.5, 0.6) is 0 Å². The molecule has 0 spiro atoms. The van der Waals surface area contributed by atoms with E-state index in [1.54, 1.807) is 12.1 Å². The van der Waals surface area contributed by atoms with Crippen molar-refractivity contribution in [2.45, 2.75) is 44.6 Å². The normalized spacial score (nSPS) is 19.5. The first kappa shape index (κ1) is 22.4. The van der Waals surface area contributed by atoms with E-state index in [1.165, 1.54) is 12.1 Å². The van der Waals surface area contributed by atoms with Gasteiger partial charge < -0.3 is 9.33 Å². The minimum Gasteiger partial charge on any atom is -0.411 e. The zero-order chi connectivity index (χ0) is 22.7. The molecule has 0 radical (unpaired) electrons. The molecule has 1 aliphatic rings. The maximum absolute atomic E-state index is 13.5. The van der Waals surface area contributed by atoms with Gasteiger partial charge in [0.15, 0.2) is 8.32 Å². The molecular formula is C27H30FNO2Si. The van der Waals surface area contributed by atoms with Crippen LogP contribution in [-0.4, -0.2) is 14.2 Å². The van der Waals surface area contributed by atoms with Crippen LogP contribution in [0, 0.1) is 11.7 Å². The average molecular weight is 448 g/mol. The predicted molar refractivity (Wildman–Crippen MR) is 129 cm³/mol. The van der Waals surface area contributed by atoms with Crippen LogP contribution in [0.1, 0.15) is 36.1 Å². The van der Waals surface area contributed by atoms with Crippen molar-refractivity contribution in [1.29, 1.82) is 0 Å². The SMILES string of the molecule is C[Si](C)(C)O[C@@H](CC[C@H]1C(=O)N(c2ccccc2)[C@@H]1c1ccccc1)c1ccc(F)cc1. The Labute approximate surface area is 191 Å². The van der Waals surface area contributed by atoms with Crippen molar-refractivity contribution in [3.8, 4) is 0 Å². The van der Waals surface area contributed by atoms with Crippen LogP contribution in [0.25, 0.3) is 0 Å². The molecule has 1 fully saturated rings. The summed E-state index contributed by atoms with van der Waals surface area (Å²) in [6.07, 6.45) is 1.30. The van der Waals surface area contributed by atoms with Crippen molar-refractivity contribution in [3.63, 3.8) is 0 Å². The van der Waals surface area contributed by atoms with Gasteiger partial charge in [-0.15, -0.1) is 0 Å². The van der Waals surface area contributed by atoms with Crippen molar-refractivity contribution in [1.82, 2.24) is 0 Å². The lowest BCUT2D eigenvalue weighted by atomic mass is 9.78. The number of anilines is 1. The molecule has 1 saturated heterocycles. The van der Waals surface area contributed by atoms with E-state index < -0.39 is 8.32 Å². The van der Waals surface area contributed by atoms with Crippen LogP contribution in [0.3, 0.4) is 0 Å². The van der Waals surface area contributed by atoms with E-state index in [9.17, 15) is 9.18 Å². The topological polar surface area (TPSA) is 29.5 Å². The van der Waals surface area contributed by atoms with Crippen LogP contribution in [0.4, 0.5) is 10.1 Å². The lowest BCUT2D eigenvalue weighted by Crippen LogP contribution is -2.55. The number of carbonyl (C=O) groups is 1. The Kier molecular flexibility index (Phi) is 6.58. The van der Waals surface area contributed by atoms with E-state index in [0.29, 0.717) is 6.42 Å². The molecule has 1 aliphatic heterocycles. The summed E-state index contributed by atoms with van der Waals surface area (Å²) in [6, 6.07) is 26.7. The van der Waals surface area contributed by atoms with Gasteiger partial charge >= 0.3 is 0 Å². The van der Waals surface area contributed by atoms with Crippen LogP contribution in [0.15, 0.2) is 84.9 Å². The molecule has 0 aromatic heterocycles. The second-order valence-corrected chi connectivity index (χ2v) is 13.8. The van der Waals surface area contributed by atoms with E-state index in [4.69, 9.17) is 4.43 Å². The Morgan fingerprint density at radius 3 is 2.09 bits per heavy atom. The molecule has 5 heteroatoms. The first-order chi connectivity index (χ1) is 15.3. The number of nitrogens with zero attached hydrogens (tertiary/aromatic N) is 1. The molecular weight excluding hydrogens is 417 g/mol. The number of amides is 1. The Morgan fingerprint density at radius 2 is 1.50 bits per heavy atom. The summed E-state index contributed by atoms with van der Waals surface area (Å²) >= 11 is 0. The Hall–Kier alpha value is -2.76. The molecule has 3 aromatic carbocycles. The third kappa shape index (κ3) is 5.00. The van der Waals surface area contributed by atoms with Crippen LogP contribution >= 0.6 is 0 Å². The van der Waals surface area contributed by atoms with Gasteiger partial charge in [0.05, 0.1) is 18.1 Å². The van der Waals surface area contributed by atoms with E-state index in [-0.39, 0.29) is 29.8 Å². The Bertz CT molecular complexity index is 1030. The average Bonchev–Trinajstić information content (AvgIpc) is 2.77. The van der Waals surface area contributed by atoms with Crippen LogP contribution in [0.2, 0.25) is 19.6 Å². The molecule has 0 aliphatic carbocycles. The van der Waals surface area contributed by atoms with Gasteiger partial charge in [-0.25, -0.2) is 4.39 Å². The fourth-order valence-electron chi connectivity index (χ4n) is 4.47. The highest BCUT2D eigenvalue weighted by Gasteiger charge is 2.48. The molecule has 4 rings (SSSR count). The van der Waals surface area contributed by atoms with Gasteiger partial charge in [-0.3, -0.25) is 4.79 Å². The number of β-lactam (4-membered cyclic amide) rings is 1. The number of para-hydroxylation sites is 1. The smallest absolute Gasteiger partial charge is 0.233 e. The number of halogens is 1. The number of hydrogen-bond donors (Lipinski definition) is 0. The summed E-state index contributed by atoms with van der Waals surface area (Å²) in [4.78, 5) is 15.2. The quantitative estimate of drug-likeness (QED) is 0.278. The number of hydrogen-bond acceptors (Lipinski definition) is 2. The highest BCUT2D eigenvalue weighted by Crippen LogP contribution is 2.46. The van der Waals surface area contributed by atoms with Crippen LogP contribution < -0.4 is 4.90 Å². The van der Waals surface area contributed by atoms with E-state index in [1.807, 2.05) is 53.4 Å². The molecule has 0 N–H and O–H groups in total. The second-order valence-electron chi connectivity index (χ2n) is 9.35. The van der Waals surface area contributed by atoms with Gasteiger partial charge in [0, 0.05) is 5.69 Å². The molecule has 3 nitrogen and oxygen atoms in total. The predicted octanol–water partition coefficient (Wildman–Crippen LogP) is 6.90. The summed E-state index contributed by atoms with van der Waals surface area (Å²) in [6.45, 7) is 6.46. The standard InChI is InChI=1S/C27H30FNO2Si/c1-32(2,3)31-25(20-14-16-22(28)17-15-20)19-18-24-26(21-10-6-4-7-11-21)29(27(24)30)23-12-8-5-9-13-23/h4-17,24-26H,18-19H2,1-3H3/t24-,25+,26-/m1/s1. The first-order valence-electron chi connectivity index (χ1n) is 11.2. The minimum absolute atomic E-state index is 0.00634. The third-order valence-electron chi connectivity index (χ3n) is 5.87. The molecule has 0 unspecified atom stereocenters. The number of rotatable bonds is 8. The zero-order valence-electron chi connectivity index (χ0n) is 18.9. The lowest BCUT2D eigenvalue weighted by molar-refractivity contribution is -0.131. The molecule has 1 amide bonds. The molecule has 166 valence electrons. The molecule has 0 saturated carbocycles. The zero-order valence-corrected chi connectivity index (χ0v) is 19.9.